The molecule has 0 radical (unpaired) electrons. The topological polar surface area (TPSA) is 34.0 Å². The summed E-state index contributed by atoms with van der Waals surface area (Å²) in [5.41, 5.74) is 1.07. The third-order valence-corrected chi connectivity index (χ3v) is 3.92. The van der Waals surface area contributed by atoms with Gasteiger partial charge in [-0.2, -0.15) is 17.6 Å². The van der Waals surface area contributed by atoms with E-state index in [2.05, 4.69) is 9.97 Å². The van der Waals surface area contributed by atoms with Crippen molar-refractivity contribution in [2.75, 3.05) is 18.0 Å². The molecule has 0 bridgehead atoms. The van der Waals surface area contributed by atoms with Crippen LogP contribution in [0.1, 0.15) is 19.9 Å². The van der Waals surface area contributed by atoms with Crippen LogP contribution in [-0.2, 0) is 0 Å². The minimum Gasteiger partial charge on any atom is -0.356 e. The summed E-state index contributed by atoms with van der Waals surface area (Å²) in [6.45, 7) is 1.65. The average molecular weight is 337 g/mol. The molecule has 0 atom stereocenters. The van der Waals surface area contributed by atoms with Crippen LogP contribution in [0.15, 0.2) is 12.4 Å². The normalized spacial score (nSPS) is 20.3. The first-order chi connectivity index (χ1) is 10.1. The summed E-state index contributed by atoms with van der Waals surface area (Å²) >= 11 is 5.75. The fourth-order valence-electron chi connectivity index (χ4n) is 2.59. The Kier molecular flexibility index (Phi) is 3.28. The third kappa shape index (κ3) is 2.20. The lowest BCUT2D eigenvalue weighted by molar-refractivity contribution is -0.172. The van der Waals surface area contributed by atoms with Gasteiger partial charge in [0.15, 0.2) is 0 Å². The molecule has 1 aliphatic heterocycles. The van der Waals surface area contributed by atoms with Gasteiger partial charge in [0.05, 0.1) is 30.5 Å². The fraction of sp³-hybridized carbons (Fsp3) is 0.538. The molecule has 0 N–H and O–H groups in total. The molecule has 0 saturated carbocycles. The standard InChI is InChI=1S/C13H13ClF4N4/c1-7(2)22-4-9(10-8(22)3-19-11(14)20-10)21-5-12(15,16)13(17,18)6-21/h3-4,7H,5-6H2,1-2H3. The molecule has 2 aromatic rings. The quantitative estimate of drug-likeness (QED) is 0.618. The van der Waals surface area contributed by atoms with E-state index in [4.69, 9.17) is 11.6 Å². The SMILES string of the molecule is CC(C)n1cc(N2CC(F)(F)C(F)(F)C2)c2nc(Cl)ncc21. The highest BCUT2D eigenvalue weighted by atomic mass is 35.5. The average Bonchev–Trinajstić information content (AvgIpc) is 2.84. The predicted octanol–water partition coefficient (Wildman–Crippen LogP) is 3.76. The lowest BCUT2D eigenvalue weighted by Crippen LogP contribution is -2.38. The maximum absolute atomic E-state index is 13.4. The van der Waals surface area contributed by atoms with Crippen LogP contribution in [0, 0.1) is 0 Å². The first-order valence-corrected chi connectivity index (χ1v) is 7.04. The predicted molar refractivity (Wildman–Crippen MR) is 75.0 cm³/mol. The van der Waals surface area contributed by atoms with Crippen molar-refractivity contribution in [2.24, 2.45) is 0 Å². The fourth-order valence-corrected chi connectivity index (χ4v) is 2.72. The Bertz CT molecular complexity index is 712. The van der Waals surface area contributed by atoms with Crippen LogP contribution in [0.5, 0.6) is 0 Å². The van der Waals surface area contributed by atoms with Crippen molar-refractivity contribution < 1.29 is 17.6 Å². The smallest absolute Gasteiger partial charge is 0.329 e. The van der Waals surface area contributed by atoms with Gasteiger partial charge in [-0.3, -0.25) is 0 Å². The van der Waals surface area contributed by atoms with Crippen molar-refractivity contribution >= 4 is 28.3 Å². The van der Waals surface area contributed by atoms with E-state index in [1.165, 1.54) is 12.4 Å². The summed E-state index contributed by atoms with van der Waals surface area (Å²) < 4.78 is 55.5. The van der Waals surface area contributed by atoms with E-state index in [1.54, 1.807) is 4.57 Å². The Morgan fingerprint density at radius 1 is 1.18 bits per heavy atom. The van der Waals surface area contributed by atoms with Gasteiger partial charge in [-0.05, 0) is 25.4 Å². The zero-order valence-electron chi connectivity index (χ0n) is 11.8. The van der Waals surface area contributed by atoms with Crippen molar-refractivity contribution in [1.82, 2.24) is 14.5 Å². The van der Waals surface area contributed by atoms with E-state index in [1.807, 2.05) is 13.8 Å². The van der Waals surface area contributed by atoms with Crippen molar-refractivity contribution in [2.45, 2.75) is 31.7 Å². The highest BCUT2D eigenvalue weighted by molar-refractivity contribution is 6.28. The summed E-state index contributed by atoms with van der Waals surface area (Å²) in [7, 11) is 0. The third-order valence-electron chi connectivity index (χ3n) is 3.73. The van der Waals surface area contributed by atoms with Crippen LogP contribution in [0.25, 0.3) is 11.0 Å². The number of hydrogen-bond acceptors (Lipinski definition) is 3. The minimum absolute atomic E-state index is 0.00958. The van der Waals surface area contributed by atoms with Crippen LogP contribution in [0.4, 0.5) is 23.2 Å². The number of aromatic nitrogens is 3. The van der Waals surface area contributed by atoms with Gasteiger partial charge in [0.1, 0.15) is 5.52 Å². The molecule has 22 heavy (non-hydrogen) atoms. The molecule has 2 aromatic heterocycles. The molecule has 4 nitrogen and oxygen atoms in total. The molecule has 0 aliphatic carbocycles. The Morgan fingerprint density at radius 3 is 2.32 bits per heavy atom. The van der Waals surface area contributed by atoms with E-state index in [9.17, 15) is 17.6 Å². The summed E-state index contributed by atoms with van der Waals surface area (Å²) in [6.07, 6.45) is 3.00. The second kappa shape index (κ2) is 4.71. The molecule has 1 fully saturated rings. The molecule has 1 saturated heterocycles. The molecule has 9 heteroatoms. The van der Waals surface area contributed by atoms with Gasteiger partial charge >= 0.3 is 11.8 Å². The molecule has 3 rings (SSSR count). The number of nitrogens with zero attached hydrogens (tertiary/aromatic N) is 4. The maximum Gasteiger partial charge on any atom is 0.329 e. The lowest BCUT2D eigenvalue weighted by Gasteiger charge is -2.15. The molecule has 3 heterocycles. The molecular formula is C13H13ClF4N4. The highest BCUT2D eigenvalue weighted by Crippen LogP contribution is 2.44. The molecule has 1 aliphatic rings. The van der Waals surface area contributed by atoms with E-state index in [0.717, 1.165) is 4.90 Å². The van der Waals surface area contributed by atoms with E-state index < -0.39 is 24.9 Å². The summed E-state index contributed by atoms with van der Waals surface area (Å²) in [4.78, 5) is 8.84. The second-order valence-electron chi connectivity index (χ2n) is 5.65. The Balaban J connectivity index is 2.14. The van der Waals surface area contributed by atoms with Crippen molar-refractivity contribution in [3.8, 4) is 0 Å². The number of alkyl halides is 4. The molecular weight excluding hydrogens is 324 g/mol. The van der Waals surface area contributed by atoms with Crippen LogP contribution in [-0.4, -0.2) is 39.5 Å². The van der Waals surface area contributed by atoms with Crippen molar-refractivity contribution in [1.29, 1.82) is 0 Å². The van der Waals surface area contributed by atoms with E-state index in [0.29, 0.717) is 11.0 Å². The minimum atomic E-state index is -4.07. The first kappa shape index (κ1) is 15.3. The van der Waals surface area contributed by atoms with Crippen molar-refractivity contribution in [3.05, 3.63) is 17.7 Å². The molecule has 0 unspecified atom stereocenters. The largest absolute Gasteiger partial charge is 0.356 e. The van der Waals surface area contributed by atoms with Gasteiger partial charge in [0.25, 0.3) is 0 Å². The number of fused-ring (bicyclic) bond motifs is 1. The molecule has 0 amide bonds. The summed E-state index contributed by atoms with van der Waals surface area (Å²) in [5.74, 6) is -8.15. The number of rotatable bonds is 2. The number of hydrogen-bond donors (Lipinski definition) is 0. The number of anilines is 1. The van der Waals surface area contributed by atoms with Gasteiger partial charge in [0.2, 0.25) is 5.28 Å². The summed E-state index contributed by atoms with van der Waals surface area (Å²) in [6, 6.07) is -0.00958. The van der Waals surface area contributed by atoms with Crippen LogP contribution in [0.3, 0.4) is 0 Å². The molecule has 120 valence electrons. The molecule has 0 spiro atoms. The Hall–Kier alpha value is -1.57. The van der Waals surface area contributed by atoms with Gasteiger partial charge in [-0.1, -0.05) is 0 Å². The Labute approximate surface area is 128 Å². The van der Waals surface area contributed by atoms with Crippen molar-refractivity contribution in [3.63, 3.8) is 0 Å². The zero-order valence-corrected chi connectivity index (χ0v) is 12.6. The van der Waals surface area contributed by atoms with E-state index >= 15 is 0 Å². The molecule has 0 aromatic carbocycles. The van der Waals surface area contributed by atoms with Gasteiger partial charge in [-0.25, -0.2) is 9.97 Å². The second-order valence-corrected chi connectivity index (χ2v) is 5.99. The van der Waals surface area contributed by atoms with Crippen LogP contribution in [0.2, 0.25) is 5.28 Å². The number of halogens is 5. The first-order valence-electron chi connectivity index (χ1n) is 6.66. The van der Waals surface area contributed by atoms with Crippen LogP contribution < -0.4 is 4.90 Å². The van der Waals surface area contributed by atoms with Gasteiger partial charge in [-0.15, -0.1) is 0 Å². The van der Waals surface area contributed by atoms with E-state index in [-0.39, 0.29) is 17.0 Å². The van der Waals surface area contributed by atoms with Crippen LogP contribution >= 0.6 is 11.6 Å². The monoisotopic (exact) mass is 336 g/mol. The summed E-state index contributed by atoms with van der Waals surface area (Å²) in [5, 5.41) is -0.0621. The van der Waals surface area contributed by atoms with Gasteiger partial charge < -0.3 is 9.47 Å². The van der Waals surface area contributed by atoms with Gasteiger partial charge in [0, 0.05) is 12.2 Å². The Morgan fingerprint density at radius 2 is 1.77 bits per heavy atom. The highest BCUT2D eigenvalue weighted by Gasteiger charge is 2.63. The lowest BCUT2D eigenvalue weighted by atomic mass is 10.2. The zero-order chi connectivity index (χ0) is 16.3. The maximum atomic E-state index is 13.4.